The quantitative estimate of drug-likeness (QED) is 0.360. The number of hydrogen-bond donors (Lipinski definition) is 1. The highest BCUT2D eigenvalue weighted by atomic mass is 35.5. The Morgan fingerprint density at radius 2 is 1.83 bits per heavy atom. The molecule has 0 unspecified atom stereocenters. The van der Waals surface area contributed by atoms with E-state index in [0.29, 0.717) is 51.2 Å². The van der Waals surface area contributed by atoms with E-state index in [1.807, 2.05) is 29.9 Å². The van der Waals surface area contributed by atoms with Crippen molar-refractivity contribution in [2.75, 3.05) is 5.32 Å². The van der Waals surface area contributed by atoms with E-state index >= 15 is 0 Å². The van der Waals surface area contributed by atoms with Crippen molar-refractivity contribution >= 4 is 40.0 Å². The van der Waals surface area contributed by atoms with Crippen molar-refractivity contribution in [2.45, 2.75) is 37.5 Å². The van der Waals surface area contributed by atoms with Crippen LogP contribution in [0.15, 0.2) is 41.8 Å². The number of ether oxygens (including phenoxy) is 1. The maximum Gasteiger partial charge on any atom is 0.274 e. The van der Waals surface area contributed by atoms with Gasteiger partial charge in [-0.15, -0.1) is 0 Å². The minimum Gasteiger partial charge on any atom is -0.451 e. The van der Waals surface area contributed by atoms with Gasteiger partial charge in [-0.25, -0.2) is 15.0 Å². The average Bonchev–Trinajstić information content (AvgIpc) is 3.80. The van der Waals surface area contributed by atoms with Crippen LogP contribution in [-0.2, 0) is 14.1 Å². The summed E-state index contributed by atoms with van der Waals surface area (Å²) in [5.41, 5.74) is 3.33. The van der Waals surface area contributed by atoms with Crippen LogP contribution in [0.3, 0.4) is 0 Å². The molecular formula is C25H23ClN8O2. The lowest BCUT2D eigenvalue weighted by Crippen LogP contribution is -2.20. The molecule has 0 amide bonds. The van der Waals surface area contributed by atoms with Crippen LogP contribution in [0.1, 0.15) is 48.9 Å². The van der Waals surface area contributed by atoms with Crippen LogP contribution in [0.5, 0.6) is 11.5 Å². The lowest BCUT2D eigenvalue weighted by Gasteiger charge is -2.11. The molecule has 2 aliphatic carbocycles. The Morgan fingerprint density at radius 1 is 1.03 bits per heavy atom. The molecule has 7 rings (SSSR count). The summed E-state index contributed by atoms with van der Waals surface area (Å²) in [5, 5.41) is 3.56. The Labute approximate surface area is 210 Å². The van der Waals surface area contributed by atoms with Crippen molar-refractivity contribution in [1.29, 1.82) is 0 Å². The smallest absolute Gasteiger partial charge is 0.274 e. The monoisotopic (exact) mass is 502 g/mol. The molecule has 36 heavy (non-hydrogen) atoms. The number of halogens is 1. The second kappa shape index (κ2) is 7.79. The van der Waals surface area contributed by atoms with Gasteiger partial charge >= 0.3 is 0 Å². The minimum absolute atomic E-state index is 0.123. The summed E-state index contributed by atoms with van der Waals surface area (Å²) >= 11 is 6.77. The van der Waals surface area contributed by atoms with Crippen LogP contribution in [0, 0.1) is 0 Å². The molecule has 5 aromatic rings. The molecular weight excluding hydrogens is 480 g/mol. The number of imidazole rings is 2. The van der Waals surface area contributed by atoms with Crippen molar-refractivity contribution in [3.05, 3.63) is 63.8 Å². The topological polar surface area (TPSA) is 104 Å². The Kier molecular flexibility index (Phi) is 4.62. The van der Waals surface area contributed by atoms with E-state index in [1.165, 1.54) is 0 Å². The fourth-order valence-electron chi connectivity index (χ4n) is 4.59. The molecule has 0 atom stereocenters. The Balaban J connectivity index is 1.23. The highest BCUT2D eigenvalue weighted by Gasteiger charge is 2.28. The van der Waals surface area contributed by atoms with E-state index in [-0.39, 0.29) is 5.56 Å². The number of nitrogens with one attached hydrogen (secondary N) is 1. The molecule has 5 heterocycles. The zero-order valence-electron chi connectivity index (χ0n) is 19.8. The van der Waals surface area contributed by atoms with Gasteiger partial charge in [0, 0.05) is 26.2 Å². The molecule has 2 aliphatic rings. The molecule has 2 fully saturated rings. The molecule has 182 valence electrons. The Bertz CT molecular complexity index is 1730. The number of aryl methyl sites for hydroxylation is 2. The first-order valence-corrected chi connectivity index (χ1v) is 12.3. The number of hydrogen-bond acceptors (Lipinski definition) is 7. The predicted octanol–water partition coefficient (Wildman–Crippen LogP) is 4.65. The molecule has 10 nitrogen and oxygen atoms in total. The third-order valence-electron chi connectivity index (χ3n) is 6.86. The van der Waals surface area contributed by atoms with E-state index in [9.17, 15) is 4.79 Å². The van der Waals surface area contributed by atoms with Gasteiger partial charge in [0.15, 0.2) is 22.8 Å². The van der Waals surface area contributed by atoms with E-state index in [1.54, 1.807) is 34.8 Å². The molecule has 2 saturated carbocycles. The fourth-order valence-corrected chi connectivity index (χ4v) is 4.89. The van der Waals surface area contributed by atoms with Crippen molar-refractivity contribution in [1.82, 2.24) is 33.5 Å². The average molecular weight is 503 g/mol. The van der Waals surface area contributed by atoms with E-state index < -0.39 is 0 Å². The molecule has 0 aliphatic heterocycles. The molecule has 0 bridgehead atoms. The number of anilines is 2. The van der Waals surface area contributed by atoms with Crippen LogP contribution in [0.4, 0.5) is 11.6 Å². The van der Waals surface area contributed by atoms with Gasteiger partial charge in [-0.05, 0) is 43.2 Å². The van der Waals surface area contributed by atoms with Gasteiger partial charge < -0.3 is 19.2 Å². The van der Waals surface area contributed by atoms with Gasteiger partial charge in [0.2, 0.25) is 5.95 Å². The van der Waals surface area contributed by atoms with Gasteiger partial charge in [-0.3, -0.25) is 9.20 Å². The highest BCUT2D eigenvalue weighted by molar-refractivity contribution is 6.36. The number of aromatic nitrogens is 7. The Hall–Kier alpha value is -3.92. The summed E-state index contributed by atoms with van der Waals surface area (Å²) < 4.78 is 11.5. The third kappa shape index (κ3) is 3.51. The third-order valence-corrected chi connectivity index (χ3v) is 7.23. The second-order valence-electron chi connectivity index (χ2n) is 9.62. The first kappa shape index (κ1) is 21.4. The van der Waals surface area contributed by atoms with Crippen molar-refractivity contribution in [3.8, 4) is 11.5 Å². The molecule has 11 heteroatoms. The predicted molar refractivity (Wildman–Crippen MR) is 135 cm³/mol. The lowest BCUT2D eigenvalue weighted by molar-refractivity contribution is 0.475. The van der Waals surface area contributed by atoms with Gasteiger partial charge in [-0.1, -0.05) is 11.6 Å². The number of nitrogens with zero attached hydrogens (tertiary/aromatic N) is 7. The summed E-state index contributed by atoms with van der Waals surface area (Å²) in [6.07, 6.45) is 13.3. The first-order chi connectivity index (χ1) is 17.5. The summed E-state index contributed by atoms with van der Waals surface area (Å²) in [4.78, 5) is 30.8. The van der Waals surface area contributed by atoms with Crippen LogP contribution >= 0.6 is 11.6 Å². The number of rotatable bonds is 6. The minimum atomic E-state index is -0.123. The van der Waals surface area contributed by atoms with E-state index in [0.717, 1.165) is 42.7 Å². The van der Waals surface area contributed by atoms with Gasteiger partial charge in [0.25, 0.3) is 5.56 Å². The molecule has 0 radical (unpaired) electrons. The molecule has 0 spiro atoms. The van der Waals surface area contributed by atoms with Crippen molar-refractivity contribution < 1.29 is 4.74 Å². The standard InChI is InChI=1S/C25H23ClN8O2/c1-32-11-15(13-3-4-13)7-17(24(32)35)30-25-31-22-21(33(25)2)20(26)18(9-28-22)36-16-8-27-19-10-29-23(14-5-6-14)34(19)12-16/h7-14H,3-6H2,1-2H3,(H,28,30,31). The fraction of sp³-hybridized carbons (Fsp3) is 0.320. The first-order valence-electron chi connectivity index (χ1n) is 12.0. The maximum atomic E-state index is 12.8. The van der Waals surface area contributed by atoms with Crippen molar-refractivity contribution in [3.63, 3.8) is 0 Å². The van der Waals surface area contributed by atoms with E-state index in [2.05, 4.69) is 25.3 Å². The van der Waals surface area contributed by atoms with Crippen LogP contribution < -0.4 is 15.6 Å². The number of pyridine rings is 2. The summed E-state index contributed by atoms with van der Waals surface area (Å²) in [5.74, 6) is 3.39. The zero-order chi connectivity index (χ0) is 24.6. The van der Waals surface area contributed by atoms with Crippen LogP contribution in [-0.4, -0.2) is 33.5 Å². The Morgan fingerprint density at radius 3 is 2.61 bits per heavy atom. The molecule has 0 aromatic carbocycles. The van der Waals surface area contributed by atoms with Gasteiger partial charge in [0.05, 0.1) is 24.8 Å². The number of fused-ring (bicyclic) bond motifs is 2. The summed E-state index contributed by atoms with van der Waals surface area (Å²) in [6, 6.07) is 1.91. The molecule has 0 saturated heterocycles. The summed E-state index contributed by atoms with van der Waals surface area (Å²) in [6.45, 7) is 0. The molecule has 5 aromatic heterocycles. The van der Waals surface area contributed by atoms with Gasteiger partial charge in [-0.2, -0.15) is 4.98 Å². The van der Waals surface area contributed by atoms with Crippen molar-refractivity contribution in [2.24, 2.45) is 14.1 Å². The highest BCUT2D eigenvalue weighted by Crippen LogP contribution is 2.41. The lowest BCUT2D eigenvalue weighted by atomic mass is 10.2. The van der Waals surface area contributed by atoms with E-state index in [4.69, 9.17) is 16.3 Å². The second-order valence-corrected chi connectivity index (χ2v) is 9.99. The molecule has 1 N–H and O–H groups in total. The SMILES string of the molecule is Cn1cc(C2CC2)cc(Nc2nc3ncc(Oc4cnc5cnc(C6CC6)n5c4)c(Cl)c3n2C)c1=O. The van der Waals surface area contributed by atoms with Gasteiger partial charge in [0.1, 0.15) is 22.1 Å². The van der Waals surface area contributed by atoms with Crippen LogP contribution in [0.2, 0.25) is 5.02 Å². The largest absolute Gasteiger partial charge is 0.451 e. The van der Waals surface area contributed by atoms with Crippen LogP contribution in [0.25, 0.3) is 16.8 Å². The normalized spacial score (nSPS) is 15.6. The summed E-state index contributed by atoms with van der Waals surface area (Å²) in [7, 11) is 3.59. The maximum absolute atomic E-state index is 12.8. The zero-order valence-corrected chi connectivity index (χ0v) is 20.5.